The van der Waals surface area contributed by atoms with E-state index in [1.807, 2.05) is 31.2 Å². The third-order valence-electron chi connectivity index (χ3n) is 3.58. The maximum atomic E-state index is 12.6. The van der Waals surface area contributed by atoms with Crippen LogP contribution in [0.2, 0.25) is 0 Å². The summed E-state index contributed by atoms with van der Waals surface area (Å²) in [5.74, 6) is 0.437. The largest absolute Gasteiger partial charge is 0.491 e. The predicted molar refractivity (Wildman–Crippen MR) is 93.5 cm³/mol. The molecule has 0 atom stereocenters. The number of aliphatic hydroxyl groups excluding tert-OH is 1. The quantitative estimate of drug-likeness (QED) is 0.757. The van der Waals surface area contributed by atoms with E-state index in [-0.39, 0.29) is 19.1 Å². The molecular formula is C19H18N2O3. The number of ether oxygens (including phenoxy) is 1. The lowest BCUT2D eigenvalue weighted by Gasteiger charge is -2.09. The van der Waals surface area contributed by atoms with Gasteiger partial charge in [0.1, 0.15) is 12.4 Å². The molecule has 0 aliphatic carbocycles. The Morgan fingerprint density at radius 2 is 1.92 bits per heavy atom. The number of aromatic nitrogens is 1. The lowest BCUT2D eigenvalue weighted by atomic mass is 10.1. The van der Waals surface area contributed by atoms with Crippen LogP contribution in [0.25, 0.3) is 10.9 Å². The molecular weight excluding hydrogens is 304 g/mol. The fourth-order valence-electron chi connectivity index (χ4n) is 2.42. The van der Waals surface area contributed by atoms with Gasteiger partial charge in [0, 0.05) is 16.8 Å². The highest BCUT2D eigenvalue weighted by Gasteiger charge is 2.11. The Labute approximate surface area is 139 Å². The van der Waals surface area contributed by atoms with Crippen LogP contribution >= 0.6 is 0 Å². The van der Waals surface area contributed by atoms with Crippen molar-refractivity contribution in [1.29, 1.82) is 0 Å². The average Bonchev–Trinajstić information content (AvgIpc) is 2.60. The summed E-state index contributed by atoms with van der Waals surface area (Å²) >= 11 is 0. The smallest absolute Gasteiger partial charge is 0.257 e. The number of hydrogen-bond donors (Lipinski definition) is 2. The molecule has 1 aromatic heterocycles. The number of para-hydroxylation sites is 1. The van der Waals surface area contributed by atoms with Gasteiger partial charge in [-0.25, -0.2) is 0 Å². The number of rotatable bonds is 5. The number of amides is 1. The summed E-state index contributed by atoms with van der Waals surface area (Å²) in [5, 5.41) is 12.5. The maximum absolute atomic E-state index is 12.6. The predicted octanol–water partition coefficient (Wildman–Crippen LogP) is 3.17. The van der Waals surface area contributed by atoms with Gasteiger partial charge in [0.15, 0.2) is 0 Å². The van der Waals surface area contributed by atoms with Crippen LogP contribution in [-0.2, 0) is 0 Å². The van der Waals surface area contributed by atoms with Gasteiger partial charge in [0.2, 0.25) is 0 Å². The number of benzene rings is 2. The molecule has 2 aromatic carbocycles. The van der Waals surface area contributed by atoms with Crippen molar-refractivity contribution in [2.45, 2.75) is 6.92 Å². The van der Waals surface area contributed by atoms with E-state index >= 15 is 0 Å². The second-order valence-electron chi connectivity index (χ2n) is 5.38. The summed E-state index contributed by atoms with van der Waals surface area (Å²) in [6, 6.07) is 16.4. The zero-order valence-electron chi connectivity index (χ0n) is 13.3. The van der Waals surface area contributed by atoms with Gasteiger partial charge in [-0.1, -0.05) is 18.2 Å². The van der Waals surface area contributed by atoms with Crippen molar-refractivity contribution in [3.8, 4) is 5.75 Å². The van der Waals surface area contributed by atoms with Crippen molar-refractivity contribution in [2.24, 2.45) is 0 Å². The van der Waals surface area contributed by atoms with E-state index in [0.717, 1.165) is 11.1 Å². The molecule has 5 heteroatoms. The number of fused-ring (bicyclic) bond motifs is 1. The Bertz CT molecular complexity index is 860. The minimum atomic E-state index is -0.206. The van der Waals surface area contributed by atoms with Gasteiger partial charge in [0.05, 0.1) is 17.7 Å². The van der Waals surface area contributed by atoms with Gasteiger partial charge in [-0.15, -0.1) is 0 Å². The number of carbonyl (C=O) groups is 1. The Morgan fingerprint density at radius 3 is 2.67 bits per heavy atom. The molecule has 0 saturated heterocycles. The first-order chi connectivity index (χ1) is 11.7. The number of nitrogens with one attached hydrogen (secondary N) is 1. The van der Waals surface area contributed by atoms with Crippen molar-refractivity contribution in [3.05, 3.63) is 65.9 Å². The van der Waals surface area contributed by atoms with Crippen LogP contribution in [0.5, 0.6) is 5.75 Å². The minimum Gasteiger partial charge on any atom is -0.491 e. The Morgan fingerprint density at radius 1 is 1.12 bits per heavy atom. The van der Waals surface area contributed by atoms with Crippen molar-refractivity contribution in [2.75, 3.05) is 18.5 Å². The van der Waals surface area contributed by atoms with Crippen molar-refractivity contribution >= 4 is 22.5 Å². The highest BCUT2D eigenvalue weighted by atomic mass is 16.5. The van der Waals surface area contributed by atoms with Gasteiger partial charge in [-0.3, -0.25) is 9.78 Å². The monoisotopic (exact) mass is 322 g/mol. The third-order valence-corrected chi connectivity index (χ3v) is 3.58. The molecule has 0 aliphatic rings. The van der Waals surface area contributed by atoms with E-state index in [1.165, 1.54) is 0 Å². The van der Waals surface area contributed by atoms with Crippen LogP contribution in [0, 0.1) is 6.92 Å². The topological polar surface area (TPSA) is 71.5 Å². The minimum absolute atomic E-state index is 0.0357. The zero-order chi connectivity index (χ0) is 16.9. The molecule has 24 heavy (non-hydrogen) atoms. The van der Waals surface area contributed by atoms with Gasteiger partial charge >= 0.3 is 0 Å². The number of aryl methyl sites for hydroxylation is 1. The van der Waals surface area contributed by atoms with Gasteiger partial charge in [0.25, 0.3) is 5.91 Å². The summed E-state index contributed by atoms with van der Waals surface area (Å²) in [6.45, 7) is 2.11. The van der Waals surface area contributed by atoms with Crippen LogP contribution in [0.15, 0.2) is 54.6 Å². The van der Waals surface area contributed by atoms with Crippen LogP contribution < -0.4 is 10.1 Å². The highest BCUT2D eigenvalue weighted by molar-refractivity contribution is 6.11. The molecule has 0 radical (unpaired) electrons. The molecule has 2 N–H and O–H groups in total. The molecule has 122 valence electrons. The fourth-order valence-corrected chi connectivity index (χ4v) is 2.42. The Hall–Kier alpha value is -2.92. The van der Waals surface area contributed by atoms with Crippen LogP contribution in [0.1, 0.15) is 16.1 Å². The van der Waals surface area contributed by atoms with Gasteiger partial charge in [-0.2, -0.15) is 0 Å². The molecule has 1 amide bonds. The van der Waals surface area contributed by atoms with Crippen LogP contribution in [-0.4, -0.2) is 29.2 Å². The number of hydrogen-bond acceptors (Lipinski definition) is 4. The van der Waals surface area contributed by atoms with E-state index in [9.17, 15) is 4.79 Å². The first-order valence-corrected chi connectivity index (χ1v) is 7.69. The number of carbonyl (C=O) groups excluding carboxylic acids is 1. The zero-order valence-corrected chi connectivity index (χ0v) is 13.3. The van der Waals surface area contributed by atoms with Gasteiger partial charge < -0.3 is 15.2 Å². The summed E-state index contributed by atoms with van der Waals surface area (Å²) in [5.41, 5.74) is 2.77. The molecule has 0 fully saturated rings. The summed E-state index contributed by atoms with van der Waals surface area (Å²) in [4.78, 5) is 17.1. The second-order valence-corrected chi connectivity index (χ2v) is 5.38. The Kier molecular flexibility index (Phi) is 4.72. The molecule has 0 saturated carbocycles. The first-order valence-electron chi connectivity index (χ1n) is 7.69. The molecule has 1 heterocycles. The first kappa shape index (κ1) is 16.0. The molecule has 3 rings (SSSR count). The summed E-state index contributed by atoms with van der Waals surface area (Å²) in [7, 11) is 0. The lowest BCUT2D eigenvalue weighted by Crippen LogP contribution is -2.13. The number of aliphatic hydroxyl groups is 1. The van der Waals surface area contributed by atoms with E-state index in [2.05, 4.69) is 10.3 Å². The fraction of sp³-hybridized carbons (Fsp3) is 0.158. The lowest BCUT2D eigenvalue weighted by molar-refractivity contribution is 0.102. The standard InChI is InChI=1S/C19H18N2O3/c1-13-5-6-14-3-2-4-17(18(14)20-13)19(23)21-15-7-9-16(10-8-15)24-12-11-22/h2-10,22H,11-12H2,1H3,(H,21,23). The van der Waals surface area contributed by atoms with Crippen molar-refractivity contribution in [1.82, 2.24) is 4.98 Å². The van der Waals surface area contributed by atoms with Gasteiger partial charge in [-0.05, 0) is 43.3 Å². The van der Waals surface area contributed by atoms with E-state index in [4.69, 9.17) is 9.84 Å². The molecule has 5 nitrogen and oxygen atoms in total. The van der Waals surface area contributed by atoms with E-state index in [0.29, 0.717) is 22.5 Å². The summed E-state index contributed by atoms with van der Waals surface area (Å²) < 4.78 is 5.30. The van der Waals surface area contributed by atoms with Crippen LogP contribution in [0.3, 0.4) is 0 Å². The maximum Gasteiger partial charge on any atom is 0.257 e. The van der Waals surface area contributed by atoms with Crippen LogP contribution in [0.4, 0.5) is 5.69 Å². The molecule has 0 unspecified atom stereocenters. The number of anilines is 1. The average molecular weight is 322 g/mol. The number of pyridine rings is 1. The molecule has 0 spiro atoms. The third kappa shape index (κ3) is 3.52. The number of nitrogens with zero attached hydrogens (tertiary/aromatic N) is 1. The van der Waals surface area contributed by atoms with E-state index in [1.54, 1.807) is 30.3 Å². The highest BCUT2D eigenvalue weighted by Crippen LogP contribution is 2.20. The molecule has 3 aromatic rings. The van der Waals surface area contributed by atoms with Crippen molar-refractivity contribution in [3.63, 3.8) is 0 Å². The molecule has 0 aliphatic heterocycles. The summed E-state index contributed by atoms with van der Waals surface area (Å²) in [6.07, 6.45) is 0. The van der Waals surface area contributed by atoms with E-state index < -0.39 is 0 Å². The SMILES string of the molecule is Cc1ccc2cccc(C(=O)Nc3ccc(OCCO)cc3)c2n1. The van der Waals surface area contributed by atoms with Crippen molar-refractivity contribution < 1.29 is 14.6 Å². The Balaban J connectivity index is 1.81. The second kappa shape index (κ2) is 7.10. The molecule has 0 bridgehead atoms. The normalized spacial score (nSPS) is 10.6.